The Morgan fingerprint density at radius 2 is 2.22 bits per heavy atom. The summed E-state index contributed by atoms with van der Waals surface area (Å²) in [6.45, 7) is 4.25. The monoisotopic (exact) mass is 248 g/mol. The number of carbonyl (C=O) groups is 1. The Hall–Kier alpha value is -1.39. The van der Waals surface area contributed by atoms with Gasteiger partial charge in [0.05, 0.1) is 12.6 Å². The molecule has 0 aliphatic carbocycles. The minimum Gasteiger partial charge on any atom is -0.377 e. The van der Waals surface area contributed by atoms with Crippen LogP contribution in [-0.4, -0.2) is 25.1 Å². The Morgan fingerprint density at radius 1 is 1.44 bits per heavy atom. The van der Waals surface area contributed by atoms with Crippen LogP contribution >= 0.6 is 0 Å². The molecule has 0 bridgehead atoms. The molecule has 1 heterocycles. The number of ether oxygens (including phenoxy) is 1. The van der Waals surface area contributed by atoms with Crippen molar-refractivity contribution in [2.75, 3.05) is 18.5 Å². The van der Waals surface area contributed by atoms with E-state index < -0.39 is 0 Å². The predicted molar refractivity (Wildman–Crippen MR) is 71.4 cm³/mol. The van der Waals surface area contributed by atoms with Crippen LogP contribution in [0.15, 0.2) is 24.3 Å². The topological polar surface area (TPSA) is 50.4 Å². The molecule has 0 radical (unpaired) electrons. The first-order chi connectivity index (χ1) is 8.79. The summed E-state index contributed by atoms with van der Waals surface area (Å²) in [5.41, 5.74) is 1.96. The van der Waals surface area contributed by atoms with Crippen molar-refractivity contribution in [1.29, 1.82) is 0 Å². The third kappa shape index (κ3) is 3.55. The molecule has 0 aromatic heterocycles. The third-order valence-corrected chi connectivity index (χ3v) is 3.07. The number of amides is 1. The van der Waals surface area contributed by atoms with Gasteiger partial charge in [0.1, 0.15) is 0 Å². The third-order valence-electron chi connectivity index (χ3n) is 3.07. The van der Waals surface area contributed by atoms with Crippen LogP contribution in [0.3, 0.4) is 0 Å². The molecular formula is C14H20N2O2. The molecule has 1 aliphatic rings. The lowest BCUT2D eigenvalue weighted by molar-refractivity contribution is -0.117. The summed E-state index contributed by atoms with van der Waals surface area (Å²) in [6, 6.07) is 7.76. The maximum absolute atomic E-state index is 11.9. The van der Waals surface area contributed by atoms with Gasteiger partial charge < -0.3 is 15.4 Å². The molecule has 4 nitrogen and oxygen atoms in total. The summed E-state index contributed by atoms with van der Waals surface area (Å²) >= 11 is 0. The van der Waals surface area contributed by atoms with Crippen molar-refractivity contribution in [1.82, 2.24) is 5.32 Å². The molecule has 1 aromatic carbocycles. The van der Waals surface area contributed by atoms with Crippen molar-refractivity contribution in [2.24, 2.45) is 0 Å². The molecule has 2 rings (SSSR count). The van der Waals surface area contributed by atoms with Gasteiger partial charge >= 0.3 is 0 Å². The summed E-state index contributed by atoms with van der Waals surface area (Å²) in [5, 5.41) is 6.11. The number of carbonyl (C=O) groups excluding carboxylic acids is 1. The molecule has 0 saturated carbocycles. The van der Waals surface area contributed by atoms with E-state index in [1.807, 2.05) is 31.2 Å². The van der Waals surface area contributed by atoms with Crippen LogP contribution in [0.25, 0.3) is 0 Å². The number of anilines is 1. The molecule has 1 atom stereocenters. The van der Waals surface area contributed by atoms with Crippen LogP contribution in [0.5, 0.6) is 0 Å². The Balaban J connectivity index is 1.87. The largest absolute Gasteiger partial charge is 0.377 e. The highest BCUT2D eigenvalue weighted by Gasteiger charge is 2.21. The average Bonchev–Trinajstić information content (AvgIpc) is 2.92. The number of rotatable bonds is 5. The fourth-order valence-corrected chi connectivity index (χ4v) is 2.04. The zero-order valence-electron chi connectivity index (χ0n) is 10.7. The van der Waals surface area contributed by atoms with Gasteiger partial charge in [-0.2, -0.15) is 0 Å². The van der Waals surface area contributed by atoms with Crippen molar-refractivity contribution >= 4 is 11.6 Å². The molecule has 18 heavy (non-hydrogen) atoms. The molecular weight excluding hydrogens is 228 g/mol. The summed E-state index contributed by atoms with van der Waals surface area (Å²) in [6.07, 6.45) is 2.00. The number of benzene rings is 1. The molecule has 0 spiro atoms. The first-order valence-electron chi connectivity index (χ1n) is 6.50. The minimum atomic E-state index is -0.0342. The van der Waals surface area contributed by atoms with Gasteiger partial charge in [0.25, 0.3) is 0 Å². The fourth-order valence-electron chi connectivity index (χ4n) is 2.04. The predicted octanol–water partition coefficient (Wildman–Crippen LogP) is 1.91. The number of hydrogen-bond acceptors (Lipinski definition) is 3. The van der Waals surface area contributed by atoms with Crippen LogP contribution in [0.4, 0.5) is 5.69 Å². The van der Waals surface area contributed by atoms with Gasteiger partial charge in [-0.05, 0) is 44.0 Å². The standard InChI is InChI=1S/C14H20N2O2/c1-2-18-10-11-5-7-12(8-6-11)16-14(17)13-4-3-9-15-13/h5-8,13,15H,2-4,9-10H2,1H3,(H,16,17). The molecule has 98 valence electrons. The zero-order valence-corrected chi connectivity index (χ0v) is 10.7. The van der Waals surface area contributed by atoms with Gasteiger partial charge in [-0.1, -0.05) is 12.1 Å². The second kappa shape index (κ2) is 6.52. The normalized spacial score (nSPS) is 18.8. The first-order valence-corrected chi connectivity index (χ1v) is 6.50. The van der Waals surface area contributed by atoms with Crippen LogP contribution in [0, 0.1) is 0 Å². The van der Waals surface area contributed by atoms with Crippen LogP contribution in [-0.2, 0) is 16.1 Å². The molecule has 4 heteroatoms. The molecule has 1 unspecified atom stereocenters. The molecule has 1 saturated heterocycles. The summed E-state index contributed by atoms with van der Waals surface area (Å²) < 4.78 is 5.32. The van der Waals surface area contributed by atoms with Crippen LogP contribution in [0.1, 0.15) is 25.3 Å². The van der Waals surface area contributed by atoms with Gasteiger partial charge in [-0.15, -0.1) is 0 Å². The van der Waals surface area contributed by atoms with E-state index in [9.17, 15) is 4.79 Å². The van der Waals surface area contributed by atoms with Crippen molar-refractivity contribution in [3.8, 4) is 0 Å². The van der Waals surface area contributed by atoms with Crippen LogP contribution < -0.4 is 10.6 Å². The Bertz CT molecular complexity index is 383. The Labute approximate surface area is 108 Å². The van der Waals surface area contributed by atoms with Gasteiger partial charge in [0, 0.05) is 12.3 Å². The van der Waals surface area contributed by atoms with E-state index in [-0.39, 0.29) is 11.9 Å². The van der Waals surface area contributed by atoms with Crippen molar-refractivity contribution in [3.63, 3.8) is 0 Å². The van der Waals surface area contributed by atoms with E-state index in [1.165, 1.54) is 0 Å². The van der Waals surface area contributed by atoms with E-state index in [0.29, 0.717) is 13.2 Å². The quantitative estimate of drug-likeness (QED) is 0.837. The van der Waals surface area contributed by atoms with E-state index in [0.717, 1.165) is 30.6 Å². The number of hydrogen-bond donors (Lipinski definition) is 2. The van der Waals surface area contributed by atoms with E-state index >= 15 is 0 Å². The van der Waals surface area contributed by atoms with Gasteiger partial charge in [-0.3, -0.25) is 4.79 Å². The maximum Gasteiger partial charge on any atom is 0.241 e. The molecule has 1 aliphatic heterocycles. The lowest BCUT2D eigenvalue weighted by Gasteiger charge is -2.11. The smallest absolute Gasteiger partial charge is 0.241 e. The molecule has 2 N–H and O–H groups in total. The summed E-state index contributed by atoms with van der Waals surface area (Å²) in [5.74, 6) is 0.0602. The van der Waals surface area contributed by atoms with Crippen LogP contribution in [0.2, 0.25) is 0 Å². The lowest BCUT2D eigenvalue weighted by Crippen LogP contribution is -2.35. The lowest BCUT2D eigenvalue weighted by atomic mass is 10.2. The average molecular weight is 248 g/mol. The second-order valence-electron chi connectivity index (χ2n) is 4.47. The maximum atomic E-state index is 11.9. The summed E-state index contributed by atoms with van der Waals surface area (Å²) in [7, 11) is 0. The van der Waals surface area contributed by atoms with Gasteiger partial charge in [-0.25, -0.2) is 0 Å². The Morgan fingerprint density at radius 3 is 2.83 bits per heavy atom. The molecule has 1 fully saturated rings. The Kier molecular flexibility index (Phi) is 4.73. The van der Waals surface area contributed by atoms with Crippen molar-refractivity contribution in [3.05, 3.63) is 29.8 Å². The molecule has 1 aromatic rings. The molecule has 1 amide bonds. The second-order valence-corrected chi connectivity index (χ2v) is 4.47. The van der Waals surface area contributed by atoms with Gasteiger partial charge in [0.15, 0.2) is 0 Å². The number of nitrogens with one attached hydrogen (secondary N) is 2. The minimum absolute atomic E-state index is 0.0342. The zero-order chi connectivity index (χ0) is 12.8. The van der Waals surface area contributed by atoms with Crippen molar-refractivity contribution < 1.29 is 9.53 Å². The fraction of sp³-hybridized carbons (Fsp3) is 0.500. The highest BCUT2D eigenvalue weighted by atomic mass is 16.5. The highest BCUT2D eigenvalue weighted by Crippen LogP contribution is 2.13. The van der Waals surface area contributed by atoms with E-state index in [4.69, 9.17) is 4.74 Å². The SMILES string of the molecule is CCOCc1ccc(NC(=O)C2CCCN2)cc1. The first kappa shape index (κ1) is 13.1. The highest BCUT2D eigenvalue weighted by molar-refractivity contribution is 5.94. The van der Waals surface area contributed by atoms with E-state index in [2.05, 4.69) is 10.6 Å². The van der Waals surface area contributed by atoms with Crippen molar-refractivity contribution in [2.45, 2.75) is 32.4 Å². The van der Waals surface area contributed by atoms with Gasteiger partial charge in [0.2, 0.25) is 5.91 Å². The summed E-state index contributed by atoms with van der Waals surface area (Å²) in [4.78, 5) is 11.9. The van der Waals surface area contributed by atoms with E-state index in [1.54, 1.807) is 0 Å².